The fourth-order valence-corrected chi connectivity index (χ4v) is 3.17. The van der Waals surface area contributed by atoms with Crippen molar-refractivity contribution >= 4 is 26.0 Å². The molecule has 1 aromatic rings. The second-order valence-corrected chi connectivity index (χ2v) is 7.09. The first kappa shape index (κ1) is 15.6. The van der Waals surface area contributed by atoms with Crippen molar-refractivity contribution in [2.75, 3.05) is 6.54 Å². The van der Waals surface area contributed by atoms with Crippen molar-refractivity contribution in [1.82, 2.24) is 9.71 Å². The highest BCUT2D eigenvalue weighted by Crippen LogP contribution is 2.16. The summed E-state index contributed by atoms with van der Waals surface area (Å²) in [5.74, 6) is 0. The van der Waals surface area contributed by atoms with Crippen LogP contribution in [0.3, 0.4) is 0 Å². The Bertz CT molecular complexity index is 503. The summed E-state index contributed by atoms with van der Waals surface area (Å²) >= 11 is 3.17. The number of hydrogen-bond acceptors (Lipinski definition) is 4. The molecule has 0 fully saturated rings. The molecule has 1 heterocycles. The van der Waals surface area contributed by atoms with Gasteiger partial charge in [-0.25, -0.2) is 13.1 Å². The van der Waals surface area contributed by atoms with Crippen molar-refractivity contribution in [3.8, 4) is 0 Å². The van der Waals surface area contributed by atoms with E-state index in [4.69, 9.17) is 0 Å². The molecule has 7 heteroatoms. The molecular formula is C11H17BrN2O3S. The first-order valence-corrected chi connectivity index (χ1v) is 7.87. The molecular weight excluding hydrogens is 320 g/mol. The molecule has 1 unspecified atom stereocenters. The summed E-state index contributed by atoms with van der Waals surface area (Å²) in [5, 5.41) is 9.93. The largest absolute Gasteiger partial charge is 0.389 e. The molecule has 5 nitrogen and oxygen atoms in total. The monoisotopic (exact) mass is 336 g/mol. The van der Waals surface area contributed by atoms with E-state index in [1.54, 1.807) is 6.92 Å². The van der Waals surface area contributed by atoms with Crippen molar-refractivity contribution in [3.63, 3.8) is 0 Å². The molecule has 18 heavy (non-hydrogen) atoms. The first-order chi connectivity index (χ1) is 8.27. The average molecular weight is 337 g/mol. The van der Waals surface area contributed by atoms with Gasteiger partial charge < -0.3 is 5.11 Å². The Morgan fingerprint density at radius 1 is 1.50 bits per heavy atom. The highest BCUT2D eigenvalue weighted by molar-refractivity contribution is 9.10. The molecule has 0 aliphatic carbocycles. The Balaban J connectivity index is 2.78. The van der Waals surface area contributed by atoms with Crippen LogP contribution >= 0.6 is 15.9 Å². The summed E-state index contributed by atoms with van der Waals surface area (Å²) in [7, 11) is -3.64. The lowest BCUT2D eigenvalue weighted by molar-refractivity contribution is 0.0554. The number of hydrogen-bond donors (Lipinski definition) is 2. The molecule has 0 amide bonds. The minimum absolute atomic E-state index is 0.0182. The van der Waals surface area contributed by atoms with Crippen LogP contribution in [0.2, 0.25) is 0 Å². The molecule has 1 aromatic heterocycles. The normalized spacial score (nSPS) is 15.3. The highest BCUT2D eigenvalue weighted by atomic mass is 79.9. The maximum absolute atomic E-state index is 12.0. The summed E-state index contributed by atoms with van der Waals surface area (Å²) < 4.78 is 26.9. The number of aliphatic hydroxyl groups is 1. The Morgan fingerprint density at radius 2 is 2.17 bits per heavy atom. The zero-order valence-corrected chi connectivity index (χ0v) is 12.8. The molecule has 0 saturated carbocycles. The summed E-state index contributed by atoms with van der Waals surface area (Å²) in [6, 6.07) is 1.46. The Kier molecular flexibility index (Phi) is 5.27. The van der Waals surface area contributed by atoms with Crippen molar-refractivity contribution in [1.29, 1.82) is 0 Å². The second-order valence-electron chi connectivity index (χ2n) is 4.41. The summed E-state index contributed by atoms with van der Waals surface area (Å²) in [4.78, 5) is 3.88. The molecule has 102 valence electrons. The van der Waals surface area contributed by atoms with Gasteiger partial charge in [0.25, 0.3) is 0 Å². The number of nitrogens with one attached hydrogen (secondary N) is 1. The molecule has 0 aromatic carbocycles. The lowest BCUT2D eigenvalue weighted by atomic mass is 10.0. The van der Waals surface area contributed by atoms with Gasteiger partial charge >= 0.3 is 0 Å². The standard InChI is InChI=1S/C11H17BrN2O3S/c1-3-4-11(2,15)8-14-18(16,17)10-5-9(12)6-13-7-10/h5-7,14-15H,3-4,8H2,1-2H3. The Labute approximate surface area is 116 Å². The summed E-state index contributed by atoms with van der Waals surface area (Å²) in [6.07, 6.45) is 4.09. The zero-order chi connectivity index (χ0) is 13.8. The molecule has 0 radical (unpaired) electrons. The predicted octanol–water partition coefficient (Wildman–Crippen LogP) is 1.67. The second kappa shape index (κ2) is 6.10. The predicted molar refractivity (Wildman–Crippen MR) is 72.7 cm³/mol. The summed E-state index contributed by atoms with van der Waals surface area (Å²) in [6.45, 7) is 3.52. The topological polar surface area (TPSA) is 79.3 Å². The van der Waals surface area contributed by atoms with E-state index in [2.05, 4.69) is 25.6 Å². The van der Waals surface area contributed by atoms with Crippen LogP contribution < -0.4 is 4.72 Å². The number of halogens is 1. The van der Waals surface area contributed by atoms with E-state index in [9.17, 15) is 13.5 Å². The number of pyridine rings is 1. The summed E-state index contributed by atoms with van der Waals surface area (Å²) in [5.41, 5.74) is -1.04. The number of sulfonamides is 1. The van der Waals surface area contributed by atoms with E-state index < -0.39 is 15.6 Å². The van der Waals surface area contributed by atoms with Gasteiger partial charge in [0.1, 0.15) is 4.90 Å². The lowest BCUT2D eigenvalue weighted by Gasteiger charge is -2.22. The van der Waals surface area contributed by atoms with Gasteiger partial charge in [-0.15, -0.1) is 0 Å². The minimum atomic E-state index is -3.64. The van der Waals surface area contributed by atoms with Crippen LogP contribution in [-0.4, -0.2) is 30.7 Å². The van der Waals surface area contributed by atoms with Crippen LogP contribution in [0.5, 0.6) is 0 Å². The van der Waals surface area contributed by atoms with Crippen LogP contribution in [0.15, 0.2) is 27.8 Å². The average Bonchev–Trinajstić information content (AvgIpc) is 2.27. The van der Waals surface area contributed by atoms with E-state index in [-0.39, 0.29) is 11.4 Å². The molecule has 0 bridgehead atoms. The van der Waals surface area contributed by atoms with Gasteiger partial charge in [0.2, 0.25) is 10.0 Å². The van der Waals surface area contributed by atoms with Gasteiger partial charge in [0.05, 0.1) is 5.60 Å². The van der Waals surface area contributed by atoms with E-state index in [0.29, 0.717) is 10.9 Å². The Morgan fingerprint density at radius 3 is 2.72 bits per heavy atom. The van der Waals surface area contributed by atoms with Crippen molar-refractivity contribution < 1.29 is 13.5 Å². The Hall–Kier alpha value is -0.500. The van der Waals surface area contributed by atoms with Crippen molar-refractivity contribution in [2.45, 2.75) is 37.2 Å². The first-order valence-electron chi connectivity index (χ1n) is 5.59. The number of rotatable bonds is 6. The third-order valence-corrected chi connectivity index (χ3v) is 4.22. The quantitative estimate of drug-likeness (QED) is 0.828. The minimum Gasteiger partial charge on any atom is -0.389 e. The number of nitrogens with zero attached hydrogens (tertiary/aromatic N) is 1. The molecule has 1 atom stereocenters. The van der Waals surface area contributed by atoms with E-state index >= 15 is 0 Å². The van der Waals surface area contributed by atoms with Crippen LogP contribution in [-0.2, 0) is 10.0 Å². The smallest absolute Gasteiger partial charge is 0.242 e. The van der Waals surface area contributed by atoms with Crippen molar-refractivity contribution in [3.05, 3.63) is 22.9 Å². The van der Waals surface area contributed by atoms with Crippen LogP contribution in [0.1, 0.15) is 26.7 Å². The molecule has 0 aliphatic rings. The fraction of sp³-hybridized carbons (Fsp3) is 0.545. The van der Waals surface area contributed by atoms with E-state index in [1.807, 2.05) is 6.92 Å². The maximum atomic E-state index is 12.0. The van der Waals surface area contributed by atoms with Crippen LogP contribution in [0.25, 0.3) is 0 Å². The van der Waals surface area contributed by atoms with E-state index in [1.165, 1.54) is 18.5 Å². The highest BCUT2D eigenvalue weighted by Gasteiger charge is 2.23. The van der Waals surface area contributed by atoms with E-state index in [0.717, 1.165) is 6.42 Å². The van der Waals surface area contributed by atoms with Gasteiger partial charge in [0, 0.05) is 23.4 Å². The molecule has 0 spiro atoms. The van der Waals surface area contributed by atoms with Crippen LogP contribution in [0.4, 0.5) is 0 Å². The maximum Gasteiger partial charge on any atom is 0.242 e. The lowest BCUT2D eigenvalue weighted by Crippen LogP contribution is -2.40. The fourth-order valence-electron chi connectivity index (χ4n) is 1.50. The SMILES string of the molecule is CCCC(C)(O)CNS(=O)(=O)c1cncc(Br)c1. The molecule has 2 N–H and O–H groups in total. The zero-order valence-electron chi connectivity index (χ0n) is 10.4. The van der Waals surface area contributed by atoms with Gasteiger partial charge in [-0.3, -0.25) is 4.98 Å². The van der Waals surface area contributed by atoms with Gasteiger partial charge in [-0.2, -0.15) is 0 Å². The molecule has 0 aliphatic heterocycles. The van der Waals surface area contributed by atoms with Gasteiger partial charge in [-0.05, 0) is 35.3 Å². The molecule has 1 rings (SSSR count). The third-order valence-electron chi connectivity index (χ3n) is 2.42. The molecule has 0 saturated heterocycles. The van der Waals surface area contributed by atoms with Crippen LogP contribution in [0, 0.1) is 0 Å². The third kappa shape index (κ3) is 4.64. The van der Waals surface area contributed by atoms with Crippen molar-refractivity contribution in [2.24, 2.45) is 0 Å². The number of aromatic nitrogens is 1. The van der Waals surface area contributed by atoms with Gasteiger partial charge in [-0.1, -0.05) is 13.3 Å². The van der Waals surface area contributed by atoms with Gasteiger partial charge in [0.15, 0.2) is 0 Å².